The van der Waals surface area contributed by atoms with Crippen molar-refractivity contribution < 1.29 is 5.11 Å². The van der Waals surface area contributed by atoms with E-state index >= 15 is 0 Å². The van der Waals surface area contributed by atoms with Crippen molar-refractivity contribution in [3.8, 4) is 0 Å². The number of aromatic amines is 1. The number of hydrogen-bond donors (Lipinski definition) is 2. The summed E-state index contributed by atoms with van der Waals surface area (Å²) in [7, 11) is 0. The maximum Gasteiger partial charge on any atom is 0.0558 e. The van der Waals surface area contributed by atoms with Crippen molar-refractivity contribution in [1.29, 1.82) is 0 Å². The SMILES string of the molecule is OCCN1CCN(Cc2cc[nH]c2)CC1. The summed E-state index contributed by atoms with van der Waals surface area (Å²) in [6.45, 7) is 6.48. The molecule has 1 aliphatic rings. The average molecular weight is 209 g/mol. The third kappa shape index (κ3) is 3.06. The van der Waals surface area contributed by atoms with Gasteiger partial charge in [-0.3, -0.25) is 9.80 Å². The van der Waals surface area contributed by atoms with Crippen LogP contribution in [0.25, 0.3) is 0 Å². The van der Waals surface area contributed by atoms with Crippen LogP contribution >= 0.6 is 0 Å². The van der Waals surface area contributed by atoms with Crippen LogP contribution in [0.3, 0.4) is 0 Å². The molecule has 0 radical (unpaired) electrons. The van der Waals surface area contributed by atoms with E-state index < -0.39 is 0 Å². The number of β-amino-alcohol motifs (C(OH)–C–C–N with tert-alkyl or cyclic N) is 1. The molecule has 2 heterocycles. The second-order valence-corrected chi connectivity index (χ2v) is 4.06. The van der Waals surface area contributed by atoms with E-state index in [1.165, 1.54) is 5.56 Å². The van der Waals surface area contributed by atoms with Crippen LogP contribution in [0.2, 0.25) is 0 Å². The van der Waals surface area contributed by atoms with E-state index in [0.717, 1.165) is 39.3 Å². The predicted molar refractivity (Wildman–Crippen MR) is 59.6 cm³/mol. The van der Waals surface area contributed by atoms with Gasteiger partial charge in [0, 0.05) is 51.7 Å². The third-order valence-electron chi connectivity index (χ3n) is 2.95. The van der Waals surface area contributed by atoms with Crippen LogP contribution in [-0.4, -0.2) is 59.2 Å². The lowest BCUT2D eigenvalue weighted by Gasteiger charge is -2.34. The number of aliphatic hydroxyl groups is 1. The molecular formula is C11H19N3O. The molecule has 1 aliphatic heterocycles. The molecule has 4 heteroatoms. The van der Waals surface area contributed by atoms with Crippen LogP contribution in [0.1, 0.15) is 5.56 Å². The van der Waals surface area contributed by atoms with E-state index in [1.807, 2.05) is 6.20 Å². The van der Waals surface area contributed by atoms with Gasteiger partial charge in [-0.25, -0.2) is 0 Å². The first-order valence-electron chi connectivity index (χ1n) is 5.56. The minimum atomic E-state index is 0.276. The third-order valence-corrected chi connectivity index (χ3v) is 2.95. The lowest BCUT2D eigenvalue weighted by atomic mass is 10.2. The Hall–Kier alpha value is -0.840. The Bertz CT molecular complexity index is 265. The van der Waals surface area contributed by atoms with Gasteiger partial charge in [0.2, 0.25) is 0 Å². The topological polar surface area (TPSA) is 42.5 Å². The van der Waals surface area contributed by atoms with Crippen LogP contribution in [-0.2, 0) is 6.54 Å². The molecule has 0 amide bonds. The van der Waals surface area contributed by atoms with Gasteiger partial charge in [-0.2, -0.15) is 0 Å². The fraction of sp³-hybridized carbons (Fsp3) is 0.636. The van der Waals surface area contributed by atoms with E-state index in [0.29, 0.717) is 0 Å². The van der Waals surface area contributed by atoms with Gasteiger partial charge >= 0.3 is 0 Å². The molecule has 2 rings (SSSR count). The molecular weight excluding hydrogens is 190 g/mol. The smallest absolute Gasteiger partial charge is 0.0558 e. The van der Waals surface area contributed by atoms with Crippen LogP contribution in [0, 0.1) is 0 Å². The van der Waals surface area contributed by atoms with Gasteiger partial charge in [-0.05, 0) is 11.6 Å². The fourth-order valence-corrected chi connectivity index (χ4v) is 2.03. The summed E-state index contributed by atoms with van der Waals surface area (Å²) in [6.07, 6.45) is 4.03. The van der Waals surface area contributed by atoms with Crippen molar-refractivity contribution in [3.05, 3.63) is 24.0 Å². The van der Waals surface area contributed by atoms with Crippen molar-refractivity contribution in [2.45, 2.75) is 6.54 Å². The number of hydrogen-bond acceptors (Lipinski definition) is 3. The van der Waals surface area contributed by atoms with Crippen LogP contribution in [0.5, 0.6) is 0 Å². The van der Waals surface area contributed by atoms with Crippen molar-refractivity contribution >= 4 is 0 Å². The zero-order valence-electron chi connectivity index (χ0n) is 9.02. The molecule has 0 bridgehead atoms. The van der Waals surface area contributed by atoms with Gasteiger partial charge in [0.1, 0.15) is 0 Å². The number of aliphatic hydroxyl groups excluding tert-OH is 1. The molecule has 4 nitrogen and oxygen atoms in total. The predicted octanol–water partition coefficient (Wildman–Crippen LogP) is 0.125. The molecule has 15 heavy (non-hydrogen) atoms. The highest BCUT2D eigenvalue weighted by atomic mass is 16.3. The van der Waals surface area contributed by atoms with Gasteiger partial charge in [-0.15, -0.1) is 0 Å². The largest absolute Gasteiger partial charge is 0.395 e. The molecule has 2 N–H and O–H groups in total. The molecule has 0 unspecified atom stereocenters. The molecule has 1 fully saturated rings. The first-order chi connectivity index (χ1) is 7.38. The second-order valence-electron chi connectivity index (χ2n) is 4.06. The highest BCUT2D eigenvalue weighted by molar-refractivity contribution is 5.08. The molecule has 0 saturated carbocycles. The molecule has 84 valence electrons. The Labute approximate surface area is 90.5 Å². The molecule has 1 aromatic rings. The van der Waals surface area contributed by atoms with Gasteiger partial charge in [-0.1, -0.05) is 0 Å². The monoisotopic (exact) mass is 209 g/mol. The second kappa shape index (κ2) is 5.30. The molecule has 0 aliphatic carbocycles. The number of nitrogens with one attached hydrogen (secondary N) is 1. The summed E-state index contributed by atoms with van der Waals surface area (Å²) in [5.41, 5.74) is 1.35. The highest BCUT2D eigenvalue weighted by Gasteiger charge is 2.16. The van der Waals surface area contributed by atoms with Crippen molar-refractivity contribution in [2.75, 3.05) is 39.3 Å². The number of piperazine rings is 1. The summed E-state index contributed by atoms with van der Waals surface area (Å²) >= 11 is 0. The normalized spacial score (nSPS) is 19.5. The lowest BCUT2D eigenvalue weighted by Crippen LogP contribution is -2.46. The van der Waals surface area contributed by atoms with Gasteiger partial charge in [0.05, 0.1) is 6.61 Å². The van der Waals surface area contributed by atoms with Crippen LogP contribution < -0.4 is 0 Å². The highest BCUT2D eigenvalue weighted by Crippen LogP contribution is 2.07. The van der Waals surface area contributed by atoms with Crippen molar-refractivity contribution in [2.24, 2.45) is 0 Å². The zero-order chi connectivity index (χ0) is 10.5. The molecule has 0 aromatic carbocycles. The Balaban J connectivity index is 1.74. The first kappa shape index (κ1) is 10.7. The maximum atomic E-state index is 8.83. The standard InChI is InChI=1S/C11H19N3O/c15-8-7-13-3-5-14(6-4-13)10-11-1-2-12-9-11/h1-2,9,12,15H,3-8,10H2. The summed E-state index contributed by atoms with van der Waals surface area (Å²) in [6, 6.07) is 2.13. The van der Waals surface area contributed by atoms with Crippen molar-refractivity contribution in [3.63, 3.8) is 0 Å². The van der Waals surface area contributed by atoms with E-state index in [-0.39, 0.29) is 6.61 Å². The fourth-order valence-electron chi connectivity index (χ4n) is 2.03. The summed E-state index contributed by atoms with van der Waals surface area (Å²) in [4.78, 5) is 7.85. The first-order valence-corrected chi connectivity index (χ1v) is 5.56. The minimum Gasteiger partial charge on any atom is -0.395 e. The summed E-state index contributed by atoms with van der Waals surface area (Å²) in [5.74, 6) is 0. The Morgan fingerprint density at radius 1 is 1.20 bits per heavy atom. The van der Waals surface area contributed by atoms with E-state index in [2.05, 4.69) is 27.0 Å². The number of H-pyrrole nitrogens is 1. The minimum absolute atomic E-state index is 0.276. The van der Waals surface area contributed by atoms with E-state index in [4.69, 9.17) is 5.11 Å². The number of rotatable bonds is 4. The van der Waals surface area contributed by atoms with Crippen LogP contribution in [0.15, 0.2) is 18.5 Å². The maximum absolute atomic E-state index is 8.83. The van der Waals surface area contributed by atoms with Crippen molar-refractivity contribution in [1.82, 2.24) is 14.8 Å². The Morgan fingerprint density at radius 2 is 1.93 bits per heavy atom. The number of nitrogens with zero attached hydrogens (tertiary/aromatic N) is 2. The summed E-state index contributed by atoms with van der Waals surface area (Å²) in [5, 5.41) is 8.83. The Morgan fingerprint density at radius 3 is 2.53 bits per heavy atom. The van der Waals surface area contributed by atoms with E-state index in [1.54, 1.807) is 0 Å². The number of aromatic nitrogens is 1. The summed E-state index contributed by atoms with van der Waals surface area (Å²) < 4.78 is 0. The molecule has 0 atom stereocenters. The van der Waals surface area contributed by atoms with Crippen LogP contribution in [0.4, 0.5) is 0 Å². The molecule has 0 spiro atoms. The van der Waals surface area contributed by atoms with Gasteiger partial charge < -0.3 is 10.1 Å². The molecule has 1 saturated heterocycles. The lowest BCUT2D eigenvalue weighted by molar-refractivity contribution is 0.108. The quantitative estimate of drug-likeness (QED) is 0.740. The van der Waals surface area contributed by atoms with E-state index in [9.17, 15) is 0 Å². The van der Waals surface area contributed by atoms with Gasteiger partial charge in [0.25, 0.3) is 0 Å². The zero-order valence-corrected chi connectivity index (χ0v) is 9.02. The Kier molecular flexibility index (Phi) is 3.77. The average Bonchev–Trinajstić information content (AvgIpc) is 2.74. The van der Waals surface area contributed by atoms with Gasteiger partial charge in [0.15, 0.2) is 0 Å². The molecule has 1 aromatic heterocycles.